The van der Waals surface area contributed by atoms with Gasteiger partial charge in [-0.3, -0.25) is 4.90 Å². The third-order valence-corrected chi connectivity index (χ3v) is 4.26. The van der Waals surface area contributed by atoms with Crippen molar-refractivity contribution in [3.8, 4) is 0 Å². The van der Waals surface area contributed by atoms with Gasteiger partial charge in [-0.1, -0.05) is 0 Å². The summed E-state index contributed by atoms with van der Waals surface area (Å²) in [5.41, 5.74) is 0.787. The van der Waals surface area contributed by atoms with Gasteiger partial charge in [0.15, 0.2) is 0 Å². The molecule has 2 rings (SSSR count). The lowest BCUT2D eigenvalue weighted by atomic mass is 9.82. The fraction of sp³-hybridized carbons (Fsp3) is 1.00. The van der Waals surface area contributed by atoms with E-state index in [1.807, 2.05) is 0 Å². The maximum Gasteiger partial charge on any atom is 0.0139 e. The Morgan fingerprint density at radius 3 is 2.20 bits per heavy atom. The predicted octanol–water partition coefficient (Wildman–Crippen LogP) is 1.44. The summed E-state index contributed by atoms with van der Waals surface area (Å²) in [4.78, 5) is 2.57. The summed E-state index contributed by atoms with van der Waals surface area (Å²) in [6, 6.07) is 0.774. The van der Waals surface area contributed by atoms with Crippen molar-refractivity contribution in [2.75, 3.05) is 24.6 Å². The van der Waals surface area contributed by atoms with E-state index in [0.29, 0.717) is 0 Å². The molecular weight excluding hydrogens is 142 g/mol. The first-order valence-electron chi connectivity index (χ1n) is 4.04. The van der Waals surface area contributed by atoms with Crippen LogP contribution in [0, 0.1) is 5.41 Å². The lowest BCUT2D eigenvalue weighted by molar-refractivity contribution is 0.00481. The molecule has 0 saturated carbocycles. The zero-order chi connectivity index (χ0) is 7.19. The smallest absolute Gasteiger partial charge is 0.0139 e. The van der Waals surface area contributed by atoms with Crippen molar-refractivity contribution < 1.29 is 0 Å². The molecule has 0 aliphatic carbocycles. The number of likely N-dealkylation sites (tertiary alicyclic amines) is 1. The Morgan fingerprint density at radius 1 is 1.30 bits per heavy atom. The van der Waals surface area contributed by atoms with Gasteiger partial charge in [0.2, 0.25) is 0 Å². The van der Waals surface area contributed by atoms with Gasteiger partial charge < -0.3 is 0 Å². The van der Waals surface area contributed by atoms with Crippen LogP contribution >= 0.6 is 11.8 Å². The zero-order valence-electron chi connectivity index (χ0n) is 6.76. The molecule has 0 unspecified atom stereocenters. The van der Waals surface area contributed by atoms with E-state index in [1.165, 1.54) is 24.6 Å². The molecule has 1 spiro atoms. The molecule has 0 N–H and O–H groups in total. The third kappa shape index (κ3) is 0.892. The number of hydrogen-bond donors (Lipinski definition) is 0. The van der Waals surface area contributed by atoms with Gasteiger partial charge in [0.05, 0.1) is 0 Å². The second-order valence-electron chi connectivity index (χ2n) is 3.99. The fourth-order valence-corrected chi connectivity index (χ4v) is 2.90. The van der Waals surface area contributed by atoms with Crippen molar-refractivity contribution in [1.29, 1.82) is 0 Å². The average molecular weight is 157 g/mol. The number of nitrogens with zero attached hydrogens (tertiary/aromatic N) is 1. The predicted molar refractivity (Wildman–Crippen MR) is 46.5 cm³/mol. The molecule has 0 radical (unpaired) electrons. The second kappa shape index (κ2) is 2.15. The van der Waals surface area contributed by atoms with Crippen molar-refractivity contribution in [1.82, 2.24) is 4.90 Å². The van der Waals surface area contributed by atoms with Gasteiger partial charge in [-0.15, -0.1) is 0 Å². The van der Waals surface area contributed by atoms with Crippen LogP contribution in [0.2, 0.25) is 0 Å². The Morgan fingerprint density at radius 2 is 1.90 bits per heavy atom. The monoisotopic (exact) mass is 157 g/mol. The fourth-order valence-electron chi connectivity index (χ4n) is 1.75. The molecule has 0 aromatic heterocycles. The van der Waals surface area contributed by atoms with E-state index < -0.39 is 0 Å². The van der Waals surface area contributed by atoms with Crippen LogP contribution in [0.3, 0.4) is 0 Å². The Kier molecular flexibility index (Phi) is 1.50. The van der Waals surface area contributed by atoms with Crippen molar-refractivity contribution in [3.63, 3.8) is 0 Å². The summed E-state index contributed by atoms with van der Waals surface area (Å²) in [5, 5.41) is 0. The van der Waals surface area contributed by atoms with Crippen LogP contribution in [0.5, 0.6) is 0 Å². The number of rotatable bonds is 1. The summed E-state index contributed by atoms with van der Waals surface area (Å²) in [7, 11) is 0. The summed E-state index contributed by atoms with van der Waals surface area (Å²) in [5.74, 6) is 2.85. The molecule has 10 heavy (non-hydrogen) atoms. The van der Waals surface area contributed by atoms with E-state index in [2.05, 4.69) is 30.5 Å². The van der Waals surface area contributed by atoms with E-state index in [-0.39, 0.29) is 0 Å². The van der Waals surface area contributed by atoms with Crippen molar-refractivity contribution in [2.45, 2.75) is 19.9 Å². The highest BCUT2D eigenvalue weighted by molar-refractivity contribution is 8.00. The first-order valence-corrected chi connectivity index (χ1v) is 5.19. The number of hydrogen-bond acceptors (Lipinski definition) is 2. The van der Waals surface area contributed by atoms with Crippen molar-refractivity contribution in [3.05, 3.63) is 0 Å². The molecule has 2 heterocycles. The average Bonchev–Trinajstić information content (AvgIpc) is 1.54. The summed E-state index contributed by atoms with van der Waals surface area (Å²) in [6.45, 7) is 7.33. The first kappa shape index (κ1) is 6.99. The standard InChI is InChI=1S/C8H15NS/c1-7(2)9-3-8(4-9)5-10-6-8/h7H,3-6H2,1-2H3. The molecule has 2 fully saturated rings. The lowest BCUT2D eigenvalue weighted by Crippen LogP contribution is -2.64. The molecule has 0 aromatic rings. The van der Waals surface area contributed by atoms with Crippen LogP contribution < -0.4 is 0 Å². The van der Waals surface area contributed by atoms with Gasteiger partial charge in [-0.25, -0.2) is 0 Å². The zero-order valence-corrected chi connectivity index (χ0v) is 7.58. The molecule has 2 aliphatic rings. The van der Waals surface area contributed by atoms with E-state index in [4.69, 9.17) is 0 Å². The molecular formula is C8H15NS. The van der Waals surface area contributed by atoms with Crippen LogP contribution in [0.15, 0.2) is 0 Å². The maximum atomic E-state index is 2.57. The van der Waals surface area contributed by atoms with Crippen LogP contribution in [0.4, 0.5) is 0 Å². The summed E-state index contributed by atoms with van der Waals surface area (Å²) >= 11 is 2.11. The Bertz CT molecular complexity index is 132. The molecule has 0 atom stereocenters. The highest BCUT2D eigenvalue weighted by Gasteiger charge is 2.48. The number of thioether (sulfide) groups is 1. The van der Waals surface area contributed by atoms with Gasteiger partial charge in [-0.2, -0.15) is 11.8 Å². The molecule has 58 valence electrons. The highest BCUT2D eigenvalue weighted by Crippen LogP contribution is 2.45. The SMILES string of the molecule is CC(C)N1CC2(CSC2)C1. The van der Waals surface area contributed by atoms with E-state index >= 15 is 0 Å². The van der Waals surface area contributed by atoms with Gasteiger partial charge in [0.1, 0.15) is 0 Å². The molecule has 2 saturated heterocycles. The molecule has 0 aromatic carbocycles. The third-order valence-electron chi connectivity index (χ3n) is 2.62. The summed E-state index contributed by atoms with van der Waals surface area (Å²) in [6.07, 6.45) is 0. The Balaban J connectivity index is 1.82. The Labute approximate surface area is 67.2 Å². The van der Waals surface area contributed by atoms with Crippen molar-refractivity contribution >= 4 is 11.8 Å². The molecule has 0 bridgehead atoms. The maximum absolute atomic E-state index is 2.57. The topological polar surface area (TPSA) is 3.24 Å². The van der Waals surface area contributed by atoms with Crippen LogP contribution in [0.1, 0.15) is 13.8 Å². The van der Waals surface area contributed by atoms with Crippen LogP contribution in [-0.4, -0.2) is 35.5 Å². The normalized spacial score (nSPS) is 30.3. The second-order valence-corrected chi connectivity index (χ2v) is 4.98. The van der Waals surface area contributed by atoms with Gasteiger partial charge in [0, 0.05) is 36.1 Å². The molecule has 2 aliphatic heterocycles. The van der Waals surface area contributed by atoms with Gasteiger partial charge in [0.25, 0.3) is 0 Å². The minimum absolute atomic E-state index is 0.774. The molecule has 1 nitrogen and oxygen atoms in total. The minimum atomic E-state index is 0.774. The summed E-state index contributed by atoms with van der Waals surface area (Å²) < 4.78 is 0. The van der Waals surface area contributed by atoms with Gasteiger partial charge >= 0.3 is 0 Å². The first-order chi connectivity index (χ1) is 4.72. The van der Waals surface area contributed by atoms with E-state index in [9.17, 15) is 0 Å². The lowest BCUT2D eigenvalue weighted by Gasteiger charge is -2.56. The Hall–Kier alpha value is 0.310. The van der Waals surface area contributed by atoms with Crippen molar-refractivity contribution in [2.24, 2.45) is 5.41 Å². The largest absolute Gasteiger partial charge is 0.300 e. The van der Waals surface area contributed by atoms with Crippen LogP contribution in [-0.2, 0) is 0 Å². The minimum Gasteiger partial charge on any atom is -0.300 e. The molecule has 0 amide bonds. The molecule has 2 heteroatoms. The van der Waals surface area contributed by atoms with Crippen LogP contribution in [0.25, 0.3) is 0 Å². The highest BCUT2D eigenvalue weighted by atomic mass is 32.2. The van der Waals surface area contributed by atoms with E-state index in [0.717, 1.165) is 11.5 Å². The van der Waals surface area contributed by atoms with E-state index in [1.54, 1.807) is 0 Å². The quantitative estimate of drug-likeness (QED) is 0.566. The van der Waals surface area contributed by atoms with Gasteiger partial charge in [-0.05, 0) is 13.8 Å².